The number of hydrogen-bond donors (Lipinski definition) is 1. The normalized spacial score (nSPS) is 15.3. The van der Waals surface area contributed by atoms with Crippen LogP contribution in [-0.4, -0.2) is 36.3 Å². The topological polar surface area (TPSA) is 58.2 Å². The second-order valence-corrected chi connectivity index (χ2v) is 6.07. The molecule has 0 amide bonds. The minimum atomic E-state index is 0.0301. The Labute approximate surface area is 133 Å². The standard InChI is InChI=1S/C17H29N3O2/c1-3-4-5-6-7-8-9-15-14(2)18-17(19-16(15)21)20-10-12-22-13-11-20/h3-13H2,1-2H3,(H,18,19,21). The summed E-state index contributed by atoms with van der Waals surface area (Å²) in [6.45, 7) is 7.15. The first-order chi connectivity index (χ1) is 10.7. The fourth-order valence-corrected chi connectivity index (χ4v) is 2.90. The summed E-state index contributed by atoms with van der Waals surface area (Å²) in [5.74, 6) is 0.692. The second-order valence-electron chi connectivity index (χ2n) is 6.07. The van der Waals surface area contributed by atoms with Gasteiger partial charge < -0.3 is 9.64 Å². The van der Waals surface area contributed by atoms with Gasteiger partial charge in [-0.3, -0.25) is 9.78 Å². The van der Waals surface area contributed by atoms with Gasteiger partial charge in [0.2, 0.25) is 5.95 Å². The number of ether oxygens (including phenoxy) is 1. The monoisotopic (exact) mass is 307 g/mol. The van der Waals surface area contributed by atoms with Crippen molar-refractivity contribution >= 4 is 5.95 Å². The molecule has 0 spiro atoms. The van der Waals surface area contributed by atoms with E-state index >= 15 is 0 Å². The molecule has 1 aliphatic heterocycles. The number of aromatic nitrogens is 2. The van der Waals surface area contributed by atoms with Gasteiger partial charge in [0.15, 0.2) is 0 Å². The highest BCUT2D eigenvalue weighted by molar-refractivity contribution is 5.33. The SMILES string of the molecule is CCCCCCCCc1c(C)nc(N2CCOCC2)[nH]c1=O. The molecule has 1 fully saturated rings. The first-order valence-corrected chi connectivity index (χ1v) is 8.65. The molecule has 1 aromatic rings. The molecule has 0 saturated carbocycles. The lowest BCUT2D eigenvalue weighted by molar-refractivity contribution is 0.122. The third-order valence-electron chi connectivity index (χ3n) is 4.30. The number of aromatic amines is 1. The van der Waals surface area contributed by atoms with Crippen molar-refractivity contribution in [2.45, 2.75) is 58.8 Å². The summed E-state index contributed by atoms with van der Waals surface area (Å²) in [7, 11) is 0. The Morgan fingerprint density at radius 1 is 1.14 bits per heavy atom. The Morgan fingerprint density at radius 3 is 2.50 bits per heavy atom. The molecule has 0 aromatic carbocycles. The summed E-state index contributed by atoms with van der Waals surface area (Å²) in [4.78, 5) is 22.0. The lowest BCUT2D eigenvalue weighted by Crippen LogP contribution is -2.38. The number of anilines is 1. The van der Waals surface area contributed by atoms with Gasteiger partial charge in [-0.25, -0.2) is 4.98 Å². The van der Waals surface area contributed by atoms with Gasteiger partial charge in [0, 0.05) is 24.3 Å². The van der Waals surface area contributed by atoms with Crippen LogP contribution in [0.25, 0.3) is 0 Å². The van der Waals surface area contributed by atoms with Gasteiger partial charge in [-0.2, -0.15) is 0 Å². The molecule has 22 heavy (non-hydrogen) atoms. The van der Waals surface area contributed by atoms with E-state index in [1.54, 1.807) is 0 Å². The van der Waals surface area contributed by atoms with Crippen molar-refractivity contribution in [2.75, 3.05) is 31.2 Å². The zero-order chi connectivity index (χ0) is 15.8. The molecule has 2 heterocycles. The number of rotatable bonds is 8. The van der Waals surface area contributed by atoms with Crippen molar-refractivity contribution in [3.63, 3.8) is 0 Å². The van der Waals surface area contributed by atoms with Crippen LogP contribution in [0, 0.1) is 6.92 Å². The molecule has 0 bridgehead atoms. The van der Waals surface area contributed by atoms with Gasteiger partial charge >= 0.3 is 0 Å². The molecule has 1 aromatic heterocycles. The first-order valence-electron chi connectivity index (χ1n) is 8.65. The van der Waals surface area contributed by atoms with Crippen molar-refractivity contribution in [2.24, 2.45) is 0 Å². The molecule has 0 radical (unpaired) electrons. The first kappa shape index (κ1) is 17.0. The predicted molar refractivity (Wildman–Crippen MR) is 89.7 cm³/mol. The number of morpholine rings is 1. The van der Waals surface area contributed by atoms with Crippen LogP contribution in [0.15, 0.2) is 4.79 Å². The van der Waals surface area contributed by atoms with E-state index in [1.807, 2.05) is 6.92 Å². The molecule has 1 aliphatic rings. The van der Waals surface area contributed by atoms with Gasteiger partial charge in [-0.1, -0.05) is 39.0 Å². The van der Waals surface area contributed by atoms with Crippen molar-refractivity contribution in [3.8, 4) is 0 Å². The van der Waals surface area contributed by atoms with Crippen LogP contribution in [0.4, 0.5) is 5.95 Å². The average Bonchev–Trinajstić information content (AvgIpc) is 2.53. The van der Waals surface area contributed by atoms with Crippen molar-refractivity contribution in [1.82, 2.24) is 9.97 Å². The fraction of sp³-hybridized carbons (Fsp3) is 0.765. The third kappa shape index (κ3) is 4.83. The van der Waals surface area contributed by atoms with E-state index in [0.29, 0.717) is 19.2 Å². The Morgan fingerprint density at radius 2 is 1.82 bits per heavy atom. The van der Waals surface area contributed by atoms with Gasteiger partial charge in [0.25, 0.3) is 5.56 Å². The molecule has 2 rings (SSSR count). The average molecular weight is 307 g/mol. The third-order valence-corrected chi connectivity index (χ3v) is 4.30. The molecule has 1 saturated heterocycles. The summed E-state index contributed by atoms with van der Waals surface area (Å²) < 4.78 is 5.34. The molecule has 5 heteroatoms. The van der Waals surface area contributed by atoms with E-state index in [1.165, 1.54) is 32.1 Å². The predicted octanol–water partition coefficient (Wildman–Crippen LogP) is 2.82. The molecule has 0 unspecified atom stereocenters. The number of nitrogens with one attached hydrogen (secondary N) is 1. The largest absolute Gasteiger partial charge is 0.378 e. The highest BCUT2D eigenvalue weighted by atomic mass is 16.5. The molecular formula is C17H29N3O2. The van der Waals surface area contributed by atoms with Gasteiger partial charge in [-0.05, 0) is 19.8 Å². The highest BCUT2D eigenvalue weighted by Crippen LogP contribution is 2.13. The second kappa shape index (κ2) is 8.93. The zero-order valence-electron chi connectivity index (χ0n) is 14.0. The number of nitrogens with zero attached hydrogens (tertiary/aromatic N) is 2. The highest BCUT2D eigenvalue weighted by Gasteiger charge is 2.15. The minimum Gasteiger partial charge on any atom is -0.378 e. The van der Waals surface area contributed by atoms with Crippen LogP contribution < -0.4 is 10.5 Å². The summed E-state index contributed by atoms with van der Waals surface area (Å²) >= 11 is 0. The van der Waals surface area contributed by atoms with Gasteiger partial charge in [-0.15, -0.1) is 0 Å². The van der Waals surface area contributed by atoms with Crippen LogP contribution in [0.5, 0.6) is 0 Å². The Balaban J connectivity index is 1.90. The summed E-state index contributed by atoms with van der Waals surface area (Å²) in [5.41, 5.74) is 1.76. The number of aryl methyl sites for hydroxylation is 1. The van der Waals surface area contributed by atoms with Crippen LogP contribution in [0.2, 0.25) is 0 Å². The Hall–Kier alpha value is -1.36. The molecule has 0 aliphatic carbocycles. The maximum Gasteiger partial charge on any atom is 0.255 e. The number of unbranched alkanes of at least 4 members (excludes halogenated alkanes) is 5. The zero-order valence-corrected chi connectivity index (χ0v) is 14.0. The minimum absolute atomic E-state index is 0.0301. The van der Waals surface area contributed by atoms with Gasteiger partial charge in [0.05, 0.1) is 13.2 Å². The lowest BCUT2D eigenvalue weighted by atomic mass is 10.1. The summed E-state index contributed by atoms with van der Waals surface area (Å²) in [5, 5.41) is 0. The smallest absolute Gasteiger partial charge is 0.255 e. The molecule has 1 N–H and O–H groups in total. The van der Waals surface area contributed by atoms with E-state index in [0.717, 1.165) is 37.2 Å². The van der Waals surface area contributed by atoms with E-state index < -0.39 is 0 Å². The fourth-order valence-electron chi connectivity index (χ4n) is 2.90. The maximum atomic E-state index is 12.3. The Bertz CT molecular complexity index is 507. The molecule has 5 nitrogen and oxygen atoms in total. The number of hydrogen-bond acceptors (Lipinski definition) is 4. The van der Waals surface area contributed by atoms with E-state index in [9.17, 15) is 4.79 Å². The van der Waals surface area contributed by atoms with Gasteiger partial charge in [0.1, 0.15) is 0 Å². The van der Waals surface area contributed by atoms with E-state index in [-0.39, 0.29) is 5.56 Å². The van der Waals surface area contributed by atoms with Crippen molar-refractivity contribution in [3.05, 3.63) is 21.6 Å². The van der Waals surface area contributed by atoms with Crippen LogP contribution in [0.3, 0.4) is 0 Å². The van der Waals surface area contributed by atoms with E-state index in [4.69, 9.17) is 4.74 Å². The number of H-pyrrole nitrogens is 1. The molecule has 124 valence electrons. The van der Waals surface area contributed by atoms with Crippen molar-refractivity contribution < 1.29 is 4.74 Å². The Kier molecular flexibility index (Phi) is 6.90. The van der Waals surface area contributed by atoms with Crippen molar-refractivity contribution in [1.29, 1.82) is 0 Å². The summed E-state index contributed by atoms with van der Waals surface area (Å²) in [6.07, 6.45) is 8.27. The molecule has 0 atom stereocenters. The lowest BCUT2D eigenvalue weighted by Gasteiger charge is -2.27. The van der Waals surface area contributed by atoms with Crippen LogP contribution in [0.1, 0.15) is 56.7 Å². The maximum absolute atomic E-state index is 12.3. The quantitative estimate of drug-likeness (QED) is 0.750. The van der Waals surface area contributed by atoms with Crippen LogP contribution >= 0.6 is 0 Å². The van der Waals surface area contributed by atoms with Crippen LogP contribution in [-0.2, 0) is 11.2 Å². The summed E-state index contributed by atoms with van der Waals surface area (Å²) in [6, 6.07) is 0. The molecular weight excluding hydrogens is 278 g/mol. The van der Waals surface area contributed by atoms with E-state index in [2.05, 4.69) is 21.8 Å².